The first kappa shape index (κ1) is 13.5. The Morgan fingerprint density at radius 3 is 2.53 bits per heavy atom. The molecule has 2 nitrogen and oxygen atoms in total. The minimum Gasteiger partial charge on any atom is -0.331 e. The second-order valence-corrected chi connectivity index (χ2v) is 7.60. The Balaban J connectivity index is 1.98. The summed E-state index contributed by atoms with van der Waals surface area (Å²) in [5.41, 5.74) is 1.99. The third-order valence-electron chi connectivity index (χ3n) is 2.52. The van der Waals surface area contributed by atoms with E-state index in [1.165, 1.54) is 0 Å². The number of thiazole rings is 1. The van der Waals surface area contributed by atoms with Crippen LogP contribution in [-0.2, 0) is 0 Å². The Kier molecular flexibility index (Phi) is 3.93. The number of nitrogens with zero attached hydrogens (tertiary/aromatic N) is 1. The van der Waals surface area contributed by atoms with Crippen LogP contribution in [-0.4, -0.2) is 4.98 Å². The molecule has 3 aromatic rings. The zero-order chi connectivity index (χ0) is 13.4. The highest BCUT2D eigenvalue weighted by Crippen LogP contribution is 2.33. The van der Waals surface area contributed by atoms with Gasteiger partial charge in [-0.3, -0.25) is 0 Å². The van der Waals surface area contributed by atoms with Crippen molar-refractivity contribution in [3.8, 4) is 0 Å². The first-order chi connectivity index (χ1) is 9.11. The third kappa shape index (κ3) is 3.02. The lowest BCUT2D eigenvalue weighted by Crippen LogP contribution is -1.90. The standard InChI is InChI=1S/C13H7Br3N2S/c14-7-1-3-9(16)11(5-7)18-13-17-10-4-2-8(15)6-12(10)19-13/h1-6H,(H,17,18). The molecule has 0 spiro atoms. The fraction of sp³-hybridized carbons (Fsp3) is 0. The van der Waals surface area contributed by atoms with E-state index >= 15 is 0 Å². The van der Waals surface area contributed by atoms with Gasteiger partial charge in [-0.25, -0.2) is 4.98 Å². The topological polar surface area (TPSA) is 24.9 Å². The van der Waals surface area contributed by atoms with Gasteiger partial charge in [0.2, 0.25) is 0 Å². The molecule has 0 unspecified atom stereocenters. The van der Waals surface area contributed by atoms with E-state index in [0.717, 1.165) is 34.5 Å². The maximum Gasteiger partial charge on any atom is 0.188 e. The van der Waals surface area contributed by atoms with Crippen molar-refractivity contribution in [1.82, 2.24) is 4.98 Å². The lowest BCUT2D eigenvalue weighted by molar-refractivity contribution is 1.43. The fourth-order valence-electron chi connectivity index (χ4n) is 1.66. The summed E-state index contributed by atoms with van der Waals surface area (Å²) in [6, 6.07) is 12.1. The number of anilines is 2. The summed E-state index contributed by atoms with van der Waals surface area (Å²) in [4.78, 5) is 4.57. The molecule has 0 saturated heterocycles. The minimum atomic E-state index is 0.881. The van der Waals surface area contributed by atoms with Crippen LogP contribution in [0.1, 0.15) is 0 Å². The second kappa shape index (κ2) is 5.52. The molecule has 1 aromatic heterocycles. The Labute approximate surface area is 139 Å². The maximum absolute atomic E-state index is 4.57. The van der Waals surface area contributed by atoms with Crippen LogP contribution in [0.25, 0.3) is 10.2 Å². The molecule has 0 aliphatic carbocycles. The van der Waals surface area contributed by atoms with Crippen molar-refractivity contribution in [3.63, 3.8) is 0 Å². The Bertz CT molecular complexity index is 755. The molecule has 0 aliphatic rings. The number of nitrogens with one attached hydrogen (secondary N) is 1. The van der Waals surface area contributed by atoms with Crippen molar-refractivity contribution in [2.75, 3.05) is 5.32 Å². The molecule has 0 bridgehead atoms. The van der Waals surface area contributed by atoms with Crippen LogP contribution < -0.4 is 5.32 Å². The molecule has 0 radical (unpaired) electrons. The lowest BCUT2D eigenvalue weighted by atomic mass is 10.3. The monoisotopic (exact) mass is 460 g/mol. The van der Waals surface area contributed by atoms with Gasteiger partial charge in [0.25, 0.3) is 0 Å². The number of fused-ring (bicyclic) bond motifs is 1. The Morgan fingerprint density at radius 1 is 0.947 bits per heavy atom. The van der Waals surface area contributed by atoms with E-state index < -0.39 is 0 Å². The zero-order valence-corrected chi connectivity index (χ0v) is 15.0. The average Bonchev–Trinajstić information content (AvgIpc) is 2.75. The van der Waals surface area contributed by atoms with E-state index in [1.54, 1.807) is 11.3 Å². The smallest absolute Gasteiger partial charge is 0.188 e. The van der Waals surface area contributed by atoms with Gasteiger partial charge >= 0.3 is 0 Å². The quantitative estimate of drug-likeness (QED) is 0.481. The Morgan fingerprint density at radius 2 is 1.68 bits per heavy atom. The van der Waals surface area contributed by atoms with Gasteiger partial charge in [-0.1, -0.05) is 43.2 Å². The summed E-state index contributed by atoms with van der Waals surface area (Å²) in [5.74, 6) is 0. The third-order valence-corrected chi connectivity index (χ3v) is 5.13. The van der Waals surface area contributed by atoms with E-state index in [-0.39, 0.29) is 0 Å². The molecule has 96 valence electrons. The highest BCUT2D eigenvalue weighted by Gasteiger charge is 2.07. The van der Waals surface area contributed by atoms with Crippen molar-refractivity contribution in [2.45, 2.75) is 0 Å². The van der Waals surface area contributed by atoms with Gasteiger partial charge in [-0.2, -0.15) is 0 Å². The first-order valence-corrected chi connectivity index (χ1v) is 8.59. The van der Waals surface area contributed by atoms with E-state index in [2.05, 4.69) is 64.2 Å². The summed E-state index contributed by atoms with van der Waals surface area (Å²) < 4.78 is 4.26. The molecule has 2 aromatic carbocycles. The van der Waals surface area contributed by atoms with E-state index in [1.807, 2.05) is 30.3 Å². The molecule has 0 fully saturated rings. The lowest BCUT2D eigenvalue weighted by Gasteiger charge is -2.05. The SMILES string of the molecule is Brc1ccc(Br)c(Nc2nc3ccc(Br)cc3s2)c1. The number of hydrogen-bond donors (Lipinski definition) is 1. The van der Waals surface area contributed by atoms with Crippen molar-refractivity contribution >= 4 is 80.2 Å². The number of benzene rings is 2. The fourth-order valence-corrected chi connectivity index (χ4v) is 3.80. The molecule has 19 heavy (non-hydrogen) atoms. The number of rotatable bonds is 2. The van der Waals surface area contributed by atoms with Crippen LogP contribution in [0.5, 0.6) is 0 Å². The molecular formula is C13H7Br3N2S. The molecule has 6 heteroatoms. The normalized spacial score (nSPS) is 10.9. The van der Waals surface area contributed by atoms with Crippen LogP contribution in [0.3, 0.4) is 0 Å². The molecule has 0 saturated carbocycles. The predicted octanol–water partition coefficient (Wildman–Crippen LogP) is 6.33. The van der Waals surface area contributed by atoms with Crippen LogP contribution >= 0.6 is 59.1 Å². The van der Waals surface area contributed by atoms with Gasteiger partial charge in [-0.05, 0) is 52.3 Å². The van der Waals surface area contributed by atoms with Gasteiger partial charge < -0.3 is 5.32 Å². The van der Waals surface area contributed by atoms with Crippen LogP contribution in [0.15, 0.2) is 49.8 Å². The van der Waals surface area contributed by atoms with Crippen molar-refractivity contribution < 1.29 is 0 Å². The van der Waals surface area contributed by atoms with Gasteiger partial charge in [0.05, 0.1) is 15.9 Å². The van der Waals surface area contributed by atoms with Crippen molar-refractivity contribution in [3.05, 3.63) is 49.8 Å². The molecular weight excluding hydrogens is 456 g/mol. The van der Waals surface area contributed by atoms with Crippen LogP contribution in [0.2, 0.25) is 0 Å². The van der Waals surface area contributed by atoms with E-state index in [4.69, 9.17) is 0 Å². The van der Waals surface area contributed by atoms with E-state index in [0.29, 0.717) is 0 Å². The van der Waals surface area contributed by atoms with Crippen LogP contribution in [0.4, 0.5) is 10.8 Å². The zero-order valence-electron chi connectivity index (χ0n) is 9.45. The van der Waals surface area contributed by atoms with E-state index in [9.17, 15) is 0 Å². The van der Waals surface area contributed by atoms with Gasteiger partial charge in [0.15, 0.2) is 5.13 Å². The summed E-state index contributed by atoms with van der Waals surface area (Å²) in [6.45, 7) is 0. The summed E-state index contributed by atoms with van der Waals surface area (Å²) in [5, 5.41) is 4.22. The predicted molar refractivity (Wildman–Crippen MR) is 92.4 cm³/mol. The second-order valence-electron chi connectivity index (χ2n) is 3.88. The molecule has 3 rings (SSSR count). The largest absolute Gasteiger partial charge is 0.331 e. The number of halogens is 3. The molecule has 0 atom stereocenters. The number of hydrogen-bond acceptors (Lipinski definition) is 3. The summed E-state index contributed by atoms with van der Waals surface area (Å²) in [7, 11) is 0. The Hall–Kier alpha value is -0.430. The molecule has 0 amide bonds. The highest BCUT2D eigenvalue weighted by molar-refractivity contribution is 9.11. The maximum atomic E-state index is 4.57. The summed E-state index contributed by atoms with van der Waals surface area (Å²) in [6.07, 6.45) is 0. The van der Waals surface area contributed by atoms with Crippen molar-refractivity contribution in [1.29, 1.82) is 0 Å². The average molecular weight is 463 g/mol. The minimum absolute atomic E-state index is 0.881. The van der Waals surface area contributed by atoms with Crippen molar-refractivity contribution in [2.24, 2.45) is 0 Å². The first-order valence-electron chi connectivity index (χ1n) is 5.40. The molecule has 1 N–H and O–H groups in total. The van der Waals surface area contributed by atoms with Gasteiger partial charge in [-0.15, -0.1) is 0 Å². The van der Waals surface area contributed by atoms with Gasteiger partial charge in [0, 0.05) is 13.4 Å². The molecule has 1 heterocycles. The van der Waals surface area contributed by atoms with Crippen LogP contribution in [0, 0.1) is 0 Å². The number of aromatic nitrogens is 1. The summed E-state index contributed by atoms with van der Waals surface area (Å²) >= 11 is 12.1. The van der Waals surface area contributed by atoms with Gasteiger partial charge in [0.1, 0.15) is 0 Å². The molecule has 0 aliphatic heterocycles. The highest BCUT2D eigenvalue weighted by atomic mass is 79.9.